The molecule has 4 N–H and O–H groups in total. The van der Waals surface area contributed by atoms with Crippen molar-refractivity contribution in [3.05, 3.63) is 65.7 Å². The monoisotopic (exact) mass is 365 g/mol. The van der Waals surface area contributed by atoms with Gasteiger partial charge in [0, 0.05) is 23.2 Å². The lowest BCUT2D eigenvalue weighted by molar-refractivity contribution is -0.126. The van der Waals surface area contributed by atoms with Crippen molar-refractivity contribution in [2.24, 2.45) is 11.7 Å². The molecular weight excluding hydrogens is 338 g/mol. The molecule has 27 heavy (non-hydrogen) atoms. The van der Waals surface area contributed by atoms with Gasteiger partial charge in [0.2, 0.25) is 5.91 Å². The molecule has 3 unspecified atom stereocenters. The number of amides is 2. The minimum Gasteiger partial charge on any atom is -0.349 e. The Hall–Kier alpha value is -2.66. The van der Waals surface area contributed by atoms with Crippen LogP contribution in [0.3, 0.4) is 0 Å². The van der Waals surface area contributed by atoms with Crippen LogP contribution in [0, 0.1) is 5.92 Å². The van der Waals surface area contributed by atoms with Gasteiger partial charge in [0.25, 0.3) is 5.91 Å². The normalized spacial score (nSPS) is 20.5. The van der Waals surface area contributed by atoms with Gasteiger partial charge in [-0.2, -0.15) is 0 Å². The van der Waals surface area contributed by atoms with E-state index in [-0.39, 0.29) is 29.8 Å². The third-order valence-electron chi connectivity index (χ3n) is 5.12. The van der Waals surface area contributed by atoms with Crippen molar-refractivity contribution in [2.45, 2.75) is 44.7 Å². The second-order valence-electron chi connectivity index (χ2n) is 7.30. The highest BCUT2D eigenvalue weighted by molar-refractivity contribution is 6.04. The van der Waals surface area contributed by atoms with Gasteiger partial charge in [-0.3, -0.25) is 9.59 Å². The summed E-state index contributed by atoms with van der Waals surface area (Å²) in [5, 5.41) is 6.00. The minimum absolute atomic E-state index is 0.00262. The van der Waals surface area contributed by atoms with E-state index in [0.29, 0.717) is 11.3 Å². The van der Waals surface area contributed by atoms with Crippen molar-refractivity contribution in [3.63, 3.8) is 0 Å². The van der Waals surface area contributed by atoms with Crippen LogP contribution in [-0.4, -0.2) is 17.9 Å². The SMILES string of the molecule is CC(NC(=O)C1CCCC(N)C1)c1cccc(NC(=O)c2ccccc2)c1. The first-order chi connectivity index (χ1) is 13.0. The lowest BCUT2D eigenvalue weighted by Crippen LogP contribution is -2.38. The Balaban J connectivity index is 1.62. The van der Waals surface area contributed by atoms with Crippen LogP contribution in [0.25, 0.3) is 0 Å². The largest absolute Gasteiger partial charge is 0.349 e. The van der Waals surface area contributed by atoms with Crippen molar-refractivity contribution < 1.29 is 9.59 Å². The number of hydrogen-bond donors (Lipinski definition) is 3. The first-order valence-corrected chi connectivity index (χ1v) is 9.55. The Labute approximate surface area is 160 Å². The van der Waals surface area contributed by atoms with Gasteiger partial charge in [-0.05, 0) is 56.0 Å². The van der Waals surface area contributed by atoms with Crippen LogP contribution in [0.1, 0.15) is 54.6 Å². The summed E-state index contributed by atoms with van der Waals surface area (Å²) in [7, 11) is 0. The van der Waals surface area contributed by atoms with Gasteiger partial charge >= 0.3 is 0 Å². The number of benzene rings is 2. The molecule has 0 radical (unpaired) electrons. The van der Waals surface area contributed by atoms with Gasteiger partial charge < -0.3 is 16.4 Å². The molecular formula is C22H27N3O2. The van der Waals surface area contributed by atoms with E-state index in [2.05, 4.69) is 10.6 Å². The Bertz CT molecular complexity index is 791. The fourth-order valence-corrected chi connectivity index (χ4v) is 3.56. The van der Waals surface area contributed by atoms with E-state index in [1.54, 1.807) is 12.1 Å². The maximum absolute atomic E-state index is 12.5. The third kappa shape index (κ3) is 5.17. The van der Waals surface area contributed by atoms with E-state index >= 15 is 0 Å². The molecule has 0 saturated heterocycles. The van der Waals surface area contributed by atoms with E-state index in [9.17, 15) is 9.59 Å². The maximum atomic E-state index is 12.5. The smallest absolute Gasteiger partial charge is 0.255 e. The molecule has 2 amide bonds. The van der Waals surface area contributed by atoms with Crippen LogP contribution >= 0.6 is 0 Å². The fraction of sp³-hybridized carbons (Fsp3) is 0.364. The molecule has 1 saturated carbocycles. The quantitative estimate of drug-likeness (QED) is 0.756. The van der Waals surface area contributed by atoms with E-state index in [4.69, 9.17) is 5.73 Å². The lowest BCUT2D eigenvalue weighted by Gasteiger charge is -2.27. The highest BCUT2D eigenvalue weighted by Crippen LogP contribution is 2.25. The Kier molecular flexibility index (Phi) is 6.24. The van der Waals surface area contributed by atoms with E-state index in [1.807, 2.05) is 49.4 Å². The number of nitrogens with two attached hydrogens (primary N) is 1. The molecule has 0 heterocycles. The average Bonchev–Trinajstić information content (AvgIpc) is 2.68. The van der Waals surface area contributed by atoms with Gasteiger partial charge in [-0.25, -0.2) is 0 Å². The van der Waals surface area contributed by atoms with Gasteiger partial charge in [0.1, 0.15) is 0 Å². The summed E-state index contributed by atoms with van der Waals surface area (Å²) in [4.78, 5) is 24.9. The van der Waals surface area contributed by atoms with Crippen molar-refractivity contribution in [2.75, 3.05) is 5.32 Å². The minimum atomic E-state index is -0.152. The summed E-state index contributed by atoms with van der Waals surface area (Å²) in [5.74, 6) is -0.0887. The number of anilines is 1. The van der Waals surface area contributed by atoms with E-state index < -0.39 is 0 Å². The fourth-order valence-electron chi connectivity index (χ4n) is 3.56. The van der Waals surface area contributed by atoms with E-state index in [1.165, 1.54) is 0 Å². The molecule has 0 spiro atoms. The molecule has 2 aromatic rings. The van der Waals surface area contributed by atoms with E-state index in [0.717, 1.165) is 31.2 Å². The Morgan fingerprint density at radius 1 is 1.07 bits per heavy atom. The van der Waals surface area contributed by atoms with Crippen LogP contribution in [0.2, 0.25) is 0 Å². The van der Waals surface area contributed by atoms with Crippen LogP contribution < -0.4 is 16.4 Å². The topological polar surface area (TPSA) is 84.2 Å². The van der Waals surface area contributed by atoms with Crippen molar-refractivity contribution in [3.8, 4) is 0 Å². The number of hydrogen-bond acceptors (Lipinski definition) is 3. The van der Waals surface area contributed by atoms with Gasteiger partial charge in [0.15, 0.2) is 0 Å². The van der Waals surface area contributed by atoms with Crippen molar-refractivity contribution in [1.82, 2.24) is 5.32 Å². The molecule has 1 aliphatic carbocycles. The molecule has 5 heteroatoms. The zero-order valence-electron chi connectivity index (χ0n) is 15.7. The van der Waals surface area contributed by atoms with Gasteiger partial charge in [0.05, 0.1) is 6.04 Å². The summed E-state index contributed by atoms with van der Waals surface area (Å²) in [6.07, 6.45) is 3.67. The third-order valence-corrected chi connectivity index (χ3v) is 5.12. The molecule has 1 aliphatic rings. The maximum Gasteiger partial charge on any atom is 0.255 e. The zero-order chi connectivity index (χ0) is 19.2. The predicted molar refractivity (Wildman–Crippen MR) is 107 cm³/mol. The number of nitrogens with one attached hydrogen (secondary N) is 2. The second kappa shape index (κ2) is 8.82. The molecule has 3 rings (SSSR count). The van der Waals surface area contributed by atoms with Crippen molar-refractivity contribution in [1.29, 1.82) is 0 Å². The van der Waals surface area contributed by atoms with Crippen LogP contribution in [-0.2, 0) is 4.79 Å². The number of carbonyl (C=O) groups excluding carboxylic acids is 2. The molecule has 0 aromatic heterocycles. The van der Waals surface area contributed by atoms with Crippen molar-refractivity contribution >= 4 is 17.5 Å². The molecule has 2 aromatic carbocycles. The Morgan fingerprint density at radius 3 is 2.59 bits per heavy atom. The Morgan fingerprint density at radius 2 is 1.85 bits per heavy atom. The molecule has 3 atom stereocenters. The average molecular weight is 365 g/mol. The number of carbonyl (C=O) groups is 2. The summed E-state index contributed by atoms with van der Waals surface area (Å²) in [5.41, 5.74) is 8.27. The summed E-state index contributed by atoms with van der Waals surface area (Å²) < 4.78 is 0. The lowest BCUT2D eigenvalue weighted by atomic mass is 9.85. The van der Waals surface area contributed by atoms with Crippen LogP contribution in [0.15, 0.2) is 54.6 Å². The molecule has 0 bridgehead atoms. The van der Waals surface area contributed by atoms with Gasteiger partial charge in [-0.15, -0.1) is 0 Å². The summed E-state index contributed by atoms with van der Waals surface area (Å²) >= 11 is 0. The van der Waals surface area contributed by atoms with Gasteiger partial charge in [-0.1, -0.05) is 36.8 Å². The second-order valence-corrected chi connectivity index (χ2v) is 7.30. The van der Waals surface area contributed by atoms with Crippen LogP contribution in [0.4, 0.5) is 5.69 Å². The highest BCUT2D eigenvalue weighted by Gasteiger charge is 2.26. The van der Waals surface area contributed by atoms with Crippen LogP contribution in [0.5, 0.6) is 0 Å². The predicted octanol–water partition coefficient (Wildman–Crippen LogP) is 3.63. The highest BCUT2D eigenvalue weighted by atomic mass is 16.2. The molecule has 1 fully saturated rings. The first-order valence-electron chi connectivity index (χ1n) is 9.55. The first kappa shape index (κ1) is 19.1. The standard InChI is InChI=1S/C22H27N3O2/c1-15(24-22(27)18-10-5-11-19(23)13-18)17-9-6-12-20(14-17)25-21(26)16-7-3-2-4-8-16/h2-4,6-9,12,14-15,18-19H,5,10-11,13,23H2,1H3,(H,24,27)(H,25,26). The molecule has 5 nitrogen and oxygen atoms in total. The summed E-state index contributed by atoms with van der Waals surface area (Å²) in [6, 6.07) is 16.7. The zero-order valence-corrected chi connectivity index (χ0v) is 15.7. The number of rotatable bonds is 5. The summed E-state index contributed by atoms with van der Waals surface area (Å²) in [6.45, 7) is 1.96. The molecule has 0 aliphatic heterocycles. The molecule has 142 valence electrons.